The molecule has 3 aromatic carbocycles. The highest BCUT2D eigenvalue weighted by Crippen LogP contribution is 2.28. The normalized spacial score (nSPS) is 11.0. The lowest BCUT2D eigenvalue weighted by Gasteiger charge is -2.12. The Balaban J connectivity index is 1.79. The zero-order chi connectivity index (χ0) is 23.3. The van der Waals surface area contributed by atoms with Crippen molar-refractivity contribution in [1.29, 1.82) is 0 Å². The molecule has 10 heteroatoms. The van der Waals surface area contributed by atoms with Crippen molar-refractivity contribution in [3.63, 3.8) is 0 Å². The first-order valence-electron chi connectivity index (χ1n) is 9.31. The minimum atomic E-state index is -4.15. The van der Waals surface area contributed by atoms with E-state index in [0.717, 1.165) is 17.7 Å². The quantitative estimate of drug-likeness (QED) is 0.505. The van der Waals surface area contributed by atoms with Gasteiger partial charge in [-0.15, -0.1) is 0 Å². The Hall–Kier alpha value is -3.30. The topological polar surface area (TPSA) is 93.7 Å². The van der Waals surface area contributed by atoms with Gasteiger partial charge in [0.05, 0.1) is 35.4 Å². The van der Waals surface area contributed by atoms with Crippen LogP contribution in [0, 0.1) is 5.82 Å². The van der Waals surface area contributed by atoms with Crippen molar-refractivity contribution in [3.05, 3.63) is 82.6 Å². The third kappa shape index (κ3) is 5.30. The molecule has 0 saturated heterocycles. The maximum Gasteiger partial charge on any atom is 0.262 e. The number of sulfonamides is 1. The maximum absolute atomic E-state index is 13.8. The first-order valence-corrected chi connectivity index (χ1v) is 11.2. The van der Waals surface area contributed by atoms with Gasteiger partial charge in [-0.2, -0.15) is 0 Å². The molecule has 0 spiro atoms. The second-order valence-corrected chi connectivity index (χ2v) is 8.69. The van der Waals surface area contributed by atoms with Crippen LogP contribution in [0.1, 0.15) is 15.9 Å². The third-order valence-electron chi connectivity index (χ3n) is 4.51. The predicted molar refractivity (Wildman–Crippen MR) is 119 cm³/mol. The fourth-order valence-electron chi connectivity index (χ4n) is 2.86. The summed E-state index contributed by atoms with van der Waals surface area (Å²) in [5, 5.41) is 2.76. The number of nitrogens with one attached hydrogen (secondary N) is 2. The minimum Gasteiger partial charge on any atom is -0.493 e. The average molecular weight is 479 g/mol. The van der Waals surface area contributed by atoms with E-state index in [0.29, 0.717) is 11.5 Å². The lowest BCUT2D eigenvalue weighted by atomic mass is 10.1. The molecule has 7 nitrogen and oxygen atoms in total. The summed E-state index contributed by atoms with van der Waals surface area (Å²) in [6, 6.07) is 14.2. The molecule has 0 aliphatic rings. The molecular formula is C22H20ClFN2O5S. The van der Waals surface area contributed by atoms with Crippen molar-refractivity contribution < 1.29 is 27.1 Å². The number of amides is 1. The molecule has 0 atom stereocenters. The molecule has 0 saturated carbocycles. The number of methoxy groups -OCH3 is 2. The van der Waals surface area contributed by atoms with Crippen LogP contribution >= 0.6 is 11.6 Å². The van der Waals surface area contributed by atoms with Gasteiger partial charge in [-0.25, -0.2) is 12.8 Å². The van der Waals surface area contributed by atoms with Crippen molar-refractivity contribution in [2.75, 3.05) is 18.9 Å². The third-order valence-corrected chi connectivity index (χ3v) is 6.20. The molecular weight excluding hydrogens is 459 g/mol. The SMILES string of the molecule is COc1ccc(CNC(=O)c2cc(S(=O)(=O)Nc3ccccc3F)ccc2Cl)cc1OC. The average Bonchev–Trinajstić information content (AvgIpc) is 2.78. The molecule has 0 aliphatic heterocycles. The summed E-state index contributed by atoms with van der Waals surface area (Å²) >= 11 is 6.12. The summed E-state index contributed by atoms with van der Waals surface area (Å²) in [4.78, 5) is 12.4. The standard InChI is InChI=1S/C22H20ClFN2O5S/c1-30-20-10-7-14(11-21(20)31-2)13-25-22(27)16-12-15(8-9-17(16)23)32(28,29)26-19-6-4-3-5-18(19)24/h3-12,26H,13H2,1-2H3,(H,25,27). The van der Waals surface area contributed by atoms with Gasteiger partial charge in [0.1, 0.15) is 5.82 Å². The zero-order valence-corrected chi connectivity index (χ0v) is 18.8. The van der Waals surface area contributed by atoms with Crippen LogP contribution in [0.4, 0.5) is 10.1 Å². The number of carbonyl (C=O) groups excluding carboxylic acids is 1. The molecule has 3 rings (SSSR count). The van der Waals surface area contributed by atoms with Crippen molar-refractivity contribution in [1.82, 2.24) is 5.32 Å². The molecule has 0 heterocycles. The second-order valence-electron chi connectivity index (χ2n) is 6.60. The Bertz CT molecular complexity index is 1250. The molecule has 0 fully saturated rings. The van der Waals surface area contributed by atoms with Crippen LogP contribution in [0.15, 0.2) is 65.6 Å². The predicted octanol–water partition coefficient (Wildman–Crippen LogP) is 4.23. The highest BCUT2D eigenvalue weighted by molar-refractivity contribution is 7.92. The van der Waals surface area contributed by atoms with Gasteiger partial charge in [0.25, 0.3) is 15.9 Å². The van der Waals surface area contributed by atoms with E-state index < -0.39 is 21.7 Å². The van der Waals surface area contributed by atoms with Gasteiger partial charge in [0.2, 0.25) is 0 Å². The smallest absolute Gasteiger partial charge is 0.262 e. The number of anilines is 1. The van der Waals surface area contributed by atoms with Crippen LogP contribution in [0.3, 0.4) is 0 Å². The fourth-order valence-corrected chi connectivity index (χ4v) is 4.16. The highest BCUT2D eigenvalue weighted by atomic mass is 35.5. The molecule has 2 N–H and O–H groups in total. The molecule has 0 bridgehead atoms. The van der Waals surface area contributed by atoms with Gasteiger partial charge < -0.3 is 14.8 Å². The fraction of sp³-hybridized carbons (Fsp3) is 0.136. The lowest BCUT2D eigenvalue weighted by molar-refractivity contribution is 0.0951. The lowest BCUT2D eigenvalue weighted by Crippen LogP contribution is -2.24. The van der Waals surface area contributed by atoms with Gasteiger partial charge in [-0.05, 0) is 48.0 Å². The molecule has 32 heavy (non-hydrogen) atoms. The van der Waals surface area contributed by atoms with Gasteiger partial charge in [-0.1, -0.05) is 29.8 Å². The number of rotatable bonds is 8. The Morgan fingerprint density at radius 2 is 1.72 bits per heavy atom. The van der Waals surface area contributed by atoms with Crippen molar-refractivity contribution in [2.45, 2.75) is 11.4 Å². The number of hydrogen-bond acceptors (Lipinski definition) is 5. The minimum absolute atomic E-state index is 0.0384. The van der Waals surface area contributed by atoms with E-state index in [-0.39, 0.29) is 27.7 Å². The Morgan fingerprint density at radius 1 is 1.00 bits per heavy atom. The number of para-hydroxylation sites is 1. The molecule has 0 radical (unpaired) electrons. The molecule has 0 aromatic heterocycles. The van der Waals surface area contributed by atoms with E-state index in [1.54, 1.807) is 18.2 Å². The summed E-state index contributed by atoms with van der Waals surface area (Å²) in [6.07, 6.45) is 0. The summed E-state index contributed by atoms with van der Waals surface area (Å²) in [7, 11) is -1.13. The van der Waals surface area contributed by atoms with Crippen LogP contribution in [0.25, 0.3) is 0 Å². The van der Waals surface area contributed by atoms with E-state index >= 15 is 0 Å². The Labute approximate surface area is 190 Å². The van der Waals surface area contributed by atoms with Crippen LogP contribution in [0.5, 0.6) is 11.5 Å². The van der Waals surface area contributed by atoms with Crippen LogP contribution in [-0.4, -0.2) is 28.5 Å². The number of benzene rings is 3. The molecule has 0 unspecified atom stereocenters. The summed E-state index contributed by atoms with van der Waals surface area (Å²) < 4.78 is 51.8. The van der Waals surface area contributed by atoms with Gasteiger partial charge in [0, 0.05) is 6.54 Å². The van der Waals surface area contributed by atoms with Crippen molar-refractivity contribution >= 4 is 33.2 Å². The number of carbonyl (C=O) groups is 1. The van der Waals surface area contributed by atoms with E-state index in [1.807, 2.05) is 0 Å². The van der Waals surface area contributed by atoms with E-state index in [9.17, 15) is 17.6 Å². The molecule has 3 aromatic rings. The van der Waals surface area contributed by atoms with Crippen molar-refractivity contribution in [2.24, 2.45) is 0 Å². The number of halogens is 2. The van der Waals surface area contributed by atoms with Gasteiger partial charge in [0.15, 0.2) is 11.5 Å². The highest BCUT2D eigenvalue weighted by Gasteiger charge is 2.20. The number of hydrogen-bond donors (Lipinski definition) is 2. The Morgan fingerprint density at radius 3 is 2.41 bits per heavy atom. The van der Waals surface area contributed by atoms with E-state index in [4.69, 9.17) is 21.1 Å². The first-order chi connectivity index (χ1) is 15.2. The van der Waals surface area contributed by atoms with E-state index in [1.165, 1.54) is 44.6 Å². The van der Waals surface area contributed by atoms with Crippen LogP contribution in [-0.2, 0) is 16.6 Å². The zero-order valence-electron chi connectivity index (χ0n) is 17.2. The van der Waals surface area contributed by atoms with Crippen LogP contribution in [0.2, 0.25) is 5.02 Å². The van der Waals surface area contributed by atoms with Crippen LogP contribution < -0.4 is 19.5 Å². The molecule has 1 amide bonds. The summed E-state index contributed by atoms with van der Waals surface area (Å²) in [5.74, 6) is -0.249. The molecule has 0 aliphatic carbocycles. The van der Waals surface area contributed by atoms with Crippen molar-refractivity contribution in [3.8, 4) is 11.5 Å². The summed E-state index contributed by atoms with van der Waals surface area (Å²) in [6.45, 7) is 0.139. The monoisotopic (exact) mass is 478 g/mol. The van der Waals surface area contributed by atoms with Gasteiger partial charge >= 0.3 is 0 Å². The number of ether oxygens (including phenoxy) is 2. The summed E-state index contributed by atoms with van der Waals surface area (Å²) in [5.41, 5.74) is 0.488. The first kappa shape index (κ1) is 23.4. The van der Waals surface area contributed by atoms with E-state index in [2.05, 4.69) is 10.0 Å². The molecule has 168 valence electrons. The maximum atomic E-state index is 13.8. The Kier molecular flexibility index (Phi) is 7.22. The second kappa shape index (κ2) is 9.88. The largest absolute Gasteiger partial charge is 0.493 e. The van der Waals surface area contributed by atoms with Gasteiger partial charge in [-0.3, -0.25) is 9.52 Å².